The van der Waals surface area contributed by atoms with E-state index in [1.165, 1.54) is 24.3 Å². The fourth-order valence-electron chi connectivity index (χ4n) is 3.49. The van der Waals surface area contributed by atoms with E-state index in [0.29, 0.717) is 4.90 Å². The van der Waals surface area contributed by atoms with E-state index in [1.807, 2.05) is 0 Å². The number of nitrogens with zero attached hydrogens (tertiary/aromatic N) is 2. The average molecular weight is 473 g/mol. The summed E-state index contributed by atoms with van der Waals surface area (Å²) in [5, 5.41) is 11.3. The number of rotatable bonds is 5. The van der Waals surface area contributed by atoms with Crippen LogP contribution < -0.4 is 10.5 Å². The fourth-order valence-corrected chi connectivity index (χ4v) is 4.12. The van der Waals surface area contributed by atoms with Gasteiger partial charge in [-0.2, -0.15) is 13.2 Å². The third-order valence-corrected chi connectivity index (χ3v) is 6.08. The van der Waals surface area contributed by atoms with Crippen LogP contribution >= 0.6 is 0 Å². The first kappa shape index (κ1) is 23.3. The van der Waals surface area contributed by atoms with Crippen LogP contribution in [0, 0.1) is 10.1 Å². The van der Waals surface area contributed by atoms with Gasteiger partial charge in [-0.3, -0.25) is 14.9 Å². The molecule has 1 unspecified atom stereocenters. The molecule has 2 aromatic carbocycles. The number of carbonyl (C=O) groups excluding carboxylic acids is 1. The first-order chi connectivity index (χ1) is 14.8. The number of hydrogen-bond donors (Lipinski definition) is 1. The van der Waals surface area contributed by atoms with Crippen molar-refractivity contribution >= 4 is 27.1 Å². The van der Waals surface area contributed by atoms with Gasteiger partial charge in [-0.25, -0.2) is 8.42 Å². The summed E-state index contributed by atoms with van der Waals surface area (Å²) in [5.41, 5.74) is 5.00. The van der Waals surface area contributed by atoms with Crippen LogP contribution in [-0.4, -0.2) is 43.1 Å². The van der Waals surface area contributed by atoms with Crippen LogP contribution in [-0.2, 0) is 14.6 Å². The minimum Gasteiger partial charge on any atom is -0.457 e. The lowest BCUT2D eigenvalue weighted by molar-refractivity contribution is -0.384. The maximum atomic E-state index is 13.0. The highest BCUT2D eigenvalue weighted by Crippen LogP contribution is 2.43. The van der Waals surface area contributed by atoms with E-state index in [-0.39, 0.29) is 47.0 Å². The summed E-state index contributed by atoms with van der Waals surface area (Å²) >= 11 is 0. The predicted molar refractivity (Wildman–Crippen MR) is 107 cm³/mol. The van der Waals surface area contributed by atoms with E-state index in [9.17, 15) is 36.5 Å². The quantitative estimate of drug-likeness (QED) is 0.398. The number of likely N-dealkylation sites (tertiary alicyclic amines) is 1. The number of nitro groups is 1. The first-order valence-electron chi connectivity index (χ1n) is 9.22. The number of alkyl halides is 3. The summed E-state index contributed by atoms with van der Waals surface area (Å²) < 4.78 is 68.0. The van der Waals surface area contributed by atoms with Gasteiger partial charge in [0.05, 0.1) is 21.9 Å². The Labute approximate surface area is 180 Å². The number of amides is 1. The summed E-state index contributed by atoms with van der Waals surface area (Å²) in [6.45, 7) is -0.150. The largest absolute Gasteiger partial charge is 0.471 e. The molecule has 0 saturated carbocycles. The fraction of sp³-hybridized carbons (Fsp3) is 0.316. The topological polar surface area (TPSA) is 133 Å². The van der Waals surface area contributed by atoms with Crippen molar-refractivity contribution in [2.24, 2.45) is 0 Å². The number of carbonyl (C=O) groups is 1. The Morgan fingerprint density at radius 1 is 1.25 bits per heavy atom. The van der Waals surface area contributed by atoms with Crippen molar-refractivity contribution in [2.75, 3.05) is 18.5 Å². The minimum absolute atomic E-state index is 0.00565. The molecule has 9 nitrogen and oxygen atoms in total. The van der Waals surface area contributed by atoms with Gasteiger partial charge in [0, 0.05) is 18.4 Å². The highest BCUT2D eigenvalue weighted by Gasteiger charge is 2.47. The predicted octanol–water partition coefficient (Wildman–Crippen LogP) is 3.60. The molecular weight excluding hydrogens is 455 g/mol. The molecule has 0 aromatic heterocycles. The summed E-state index contributed by atoms with van der Waals surface area (Å²) in [6, 6.07) is 6.16. The molecule has 172 valence electrons. The van der Waals surface area contributed by atoms with Gasteiger partial charge < -0.3 is 15.4 Å². The SMILES string of the molecule is CS(=O)(=O)c1ccc(Oc2cc([N+](=O)[O-])c(N)cc2C2CCCN2C(=O)C(F)(F)F)cc1. The molecule has 1 aliphatic rings. The molecule has 1 saturated heterocycles. The Morgan fingerprint density at radius 3 is 2.41 bits per heavy atom. The zero-order valence-corrected chi connectivity index (χ0v) is 17.4. The number of nitrogen functional groups attached to an aromatic ring is 1. The van der Waals surface area contributed by atoms with E-state index < -0.39 is 38.6 Å². The summed E-state index contributed by atoms with van der Waals surface area (Å²) in [6.07, 6.45) is -3.62. The van der Waals surface area contributed by atoms with Crippen molar-refractivity contribution in [3.05, 3.63) is 52.1 Å². The molecule has 32 heavy (non-hydrogen) atoms. The van der Waals surface area contributed by atoms with Crippen molar-refractivity contribution in [3.8, 4) is 11.5 Å². The molecule has 1 amide bonds. The van der Waals surface area contributed by atoms with Crippen molar-refractivity contribution in [1.29, 1.82) is 0 Å². The minimum atomic E-state index is -5.09. The molecule has 1 heterocycles. The van der Waals surface area contributed by atoms with Crippen LogP contribution in [0.15, 0.2) is 41.3 Å². The van der Waals surface area contributed by atoms with E-state index in [4.69, 9.17) is 10.5 Å². The summed E-state index contributed by atoms with van der Waals surface area (Å²) in [4.78, 5) is 23.1. The third-order valence-electron chi connectivity index (χ3n) is 4.95. The second-order valence-electron chi connectivity index (χ2n) is 7.21. The van der Waals surface area contributed by atoms with E-state index >= 15 is 0 Å². The van der Waals surface area contributed by atoms with Gasteiger partial charge >= 0.3 is 12.1 Å². The molecule has 3 rings (SSSR count). The molecule has 0 bridgehead atoms. The van der Waals surface area contributed by atoms with Gasteiger partial charge in [-0.15, -0.1) is 0 Å². The zero-order chi connectivity index (χ0) is 23.8. The van der Waals surface area contributed by atoms with E-state index in [0.717, 1.165) is 18.4 Å². The second-order valence-corrected chi connectivity index (χ2v) is 9.22. The van der Waals surface area contributed by atoms with Crippen molar-refractivity contribution in [2.45, 2.75) is 30.0 Å². The third kappa shape index (κ3) is 4.77. The van der Waals surface area contributed by atoms with Gasteiger partial charge in [0.25, 0.3) is 5.69 Å². The number of anilines is 1. The number of nitro benzene ring substituents is 1. The van der Waals surface area contributed by atoms with Crippen molar-refractivity contribution < 1.29 is 36.0 Å². The van der Waals surface area contributed by atoms with Crippen LogP contribution in [0.3, 0.4) is 0 Å². The van der Waals surface area contributed by atoms with Gasteiger partial charge in [0.2, 0.25) is 0 Å². The number of halogens is 3. The Hall–Kier alpha value is -3.35. The van der Waals surface area contributed by atoms with Crippen LogP contribution in [0.25, 0.3) is 0 Å². The van der Waals surface area contributed by atoms with Crippen LogP contribution in [0.2, 0.25) is 0 Å². The molecule has 1 aliphatic heterocycles. The monoisotopic (exact) mass is 473 g/mol. The number of sulfone groups is 1. The highest BCUT2D eigenvalue weighted by atomic mass is 32.2. The Kier molecular flexibility index (Phi) is 6.05. The van der Waals surface area contributed by atoms with Gasteiger partial charge in [0.1, 0.15) is 17.2 Å². The lowest BCUT2D eigenvalue weighted by Gasteiger charge is -2.27. The number of benzene rings is 2. The molecule has 1 atom stereocenters. The zero-order valence-electron chi connectivity index (χ0n) is 16.6. The maximum Gasteiger partial charge on any atom is 0.471 e. The average Bonchev–Trinajstić information content (AvgIpc) is 3.16. The van der Waals surface area contributed by atoms with E-state index in [2.05, 4.69) is 0 Å². The molecule has 0 radical (unpaired) electrons. The van der Waals surface area contributed by atoms with Gasteiger partial charge in [-0.05, 0) is 43.2 Å². The van der Waals surface area contributed by atoms with Crippen LogP contribution in [0.4, 0.5) is 24.5 Å². The van der Waals surface area contributed by atoms with Crippen LogP contribution in [0.5, 0.6) is 11.5 Å². The second kappa shape index (κ2) is 8.30. The van der Waals surface area contributed by atoms with Crippen molar-refractivity contribution in [3.63, 3.8) is 0 Å². The lowest BCUT2D eigenvalue weighted by atomic mass is 10.0. The standard InChI is InChI=1S/C19H18F3N3O6S/c1-32(29,30)12-6-4-11(5-7-12)31-17-10-16(25(27)28)14(23)9-13(17)15-3-2-8-24(15)18(26)19(20,21)22/h4-7,9-10,15H,2-3,8,23H2,1H3. The molecule has 13 heteroatoms. The highest BCUT2D eigenvalue weighted by molar-refractivity contribution is 7.90. The molecule has 2 N–H and O–H groups in total. The van der Waals surface area contributed by atoms with Crippen molar-refractivity contribution in [1.82, 2.24) is 4.90 Å². The number of hydrogen-bond acceptors (Lipinski definition) is 7. The normalized spacial score (nSPS) is 16.8. The Morgan fingerprint density at radius 2 is 1.88 bits per heavy atom. The Bertz CT molecular complexity index is 1170. The number of nitrogens with two attached hydrogens (primary N) is 1. The molecule has 0 spiro atoms. The Balaban J connectivity index is 2.06. The molecule has 2 aromatic rings. The summed E-state index contributed by atoms with van der Waals surface area (Å²) in [5.74, 6) is -2.10. The number of ether oxygens (including phenoxy) is 1. The van der Waals surface area contributed by atoms with Crippen LogP contribution in [0.1, 0.15) is 24.4 Å². The molecule has 1 fully saturated rings. The van der Waals surface area contributed by atoms with E-state index in [1.54, 1.807) is 0 Å². The maximum absolute atomic E-state index is 13.0. The summed E-state index contributed by atoms with van der Waals surface area (Å²) in [7, 11) is -3.48. The van der Waals surface area contributed by atoms with Gasteiger partial charge in [0.15, 0.2) is 9.84 Å². The molecular formula is C19H18F3N3O6S. The van der Waals surface area contributed by atoms with Gasteiger partial charge in [-0.1, -0.05) is 0 Å². The smallest absolute Gasteiger partial charge is 0.457 e. The lowest BCUT2D eigenvalue weighted by Crippen LogP contribution is -2.40. The molecule has 0 aliphatic carbocycles. The first-order valence-corrected chi connectivity index (χ1v) is 11.1.